The number of hydrogen-bond acceptors (Lipinski definition) is 5. The first-order valence-corrected chi connectivity index (χ1v) is 8.36. The molecule has 0 aromatic carbocycles. The number of hydrogen-bond donors (Lipinski definition) is 2. The molecule has 0 fully saturated rings. The fraction of sp³-hybridized carbons (Fsp3) is 0.917. The number of alkyl carbamates (subject to hydrolysis) is 1. The largest absolute Gasteiger partial charge is 0.444 e. The van der Waals surface area contributed by atoms with Gasteiger partial charge in [0.15, 0.2) is 9.84 Å². The summed E-state index contributed by atoms with van der Waals surface area (Å²) in [6.07, 6.45) is 1.64. The summed E-state index contributed by atoms with van der Waals surface area (Å²) in [7, 11) is -3.00. The number of nitrogens with two attached hydrogens (primary N) is 1. The lowest BCUT2D eigenvalue weighted by atomic mass is 10.2. The van der Waals surface area contributed by atoms with Gasteiger partial charge in [0.2, 0.25) is 0 Å². The van der Waals surface area contributed by atoms with E-state index in [0.717, 1.165) is 12.8 Å². The second kappa shape index (κ2) is 8.37. The molecule has 0 saturated carbocycles. The van der Waals surface area contributed by atoms with E-state index in [1.165, 1.54) is 0 Å². The second-order valence-corrected chi connectivity index (χ2v) is 7.73. The van der Waals surface area contributed by atoms with Crippen molar-refractivity contribution < 1.29 is 17.9 Å². The average molecular weight is 294 g/mol. The van der Waals surface area contributed by atoms with Gasteiger partial charge >= 0.3 is 6.09 Å². The molecule has 0 bridgehead atoms. The summed E-state index contributed by atoms with van der Waals surface area (Å²) < 4.78 is 27.8. The topological polar surface area (TPSA) is 98.5 Å². The van der Waals surface area contributed by atoms with Gasteiger partial charge in [-0.2, -0.15) is 0 Å². The van der Waals surface area contributed by atoms with E-state index in [-0.39, 0.29) is 18.1 Å². The summed E-state index contributed by atoms with van der Waals surface area (Å²) in [5.41, 5.74) is 4.71. The van der Waals surface area contributed by atoms with Crippen LogP contribution in [0.2, 0.25) is 0 Å². The Morgan fingerprint density at radius 1 is 1.16 bits per heavy atom. The number of amides is 1. The minimum absolute atomic E-state index is 0.0448. The number of carbonyl (C=O) groups is 1. The summed E-state index contributed by atoms with van der Waals surface area (Å²) in [4.78, 5) is 11.3. The molecular weight excluding hydrogens is 268 g/mol. The lowest BCUT2D eigenvalue weighted by Crippen LogP contribution is -2.33. The predicted molar refractivity (Wildman–Crippen MR) is 75.8 cm³/mol. The van der Waals surface area contributed by atoms with Gasteiger partial charge in [0.05, 0.1) is 11.5 Å². The maximum Gasteiger partial charge on any atom is 0.407 e. The van der Waals surface area contributed by atoms with Gasteiger partial charge in [0.1, 0.15) is 5.60 Å². The third kappa shape index (κ3) is 12.0. The fourth-order valence-electron chi connectivity index (χ4n) is 1.41. The maximum absolute atomic E-state index is 11.4. The van der Waals surface area contributed by atoms with Crippen LogP contribution in [-0.4, -0.2) is 44.7 Å². The summed E-state index contributed by atoms with van der Waals surface area (Å²) in [5, 5.41) is 2.63. The normalized spacial score (nSPS) is 12.2. The van der Waals surface area contributed by atoms with Gasteiger partial charge in [0, 0.05) is 13.1 Å². The molecule has 0 saturated heterocycles. The first-order valence-electron chi connectivity index (χ1n) is 6.53. The number of carbonyl (C=O) groups excluding carboxylic acids is 1. The quantitative estimate of drug-likeness (QED) is 0.652. The highest BCUT2D eigenvalue weighted by molar-refractivity contribution is 7.91. The van der Waals surface area contributed by atoms with E-state index in [9.17, 15) is 13.2 Å². The van der Waals surface area contributed by atoms with Gasteiger partial charge in [-0.05, 0) is 33.6 Å². The molecule has 0 unspecified atom stereocenters. The van der Waals surface area contributed by atoms with Crippen LogP contribution in [0.3, 0.4) is 0 Å². The maximum atomic E-state index is 11.4. The number of nitrogens with one attached hydrogen (secondary N) is 1. The summed E-state index contributed by atoms with van der Waals surface area (Å²) >= 11 is 0. The highest BCUT2D eigenvalue weighted by Crippen LogP contribution is 2.06. The van der Waals surface area contributed by atoms with Crippen molar-refractivity contribution in [1.29, 1.82) is 0 Å². The van der Waals surface area contributed by atoms with Crippen LogP contribution in [0.4, 0.5) is 4.79 Å². The molecule has 0 aromatic heterocycles. The summed E-state index contributed by atoms with van der Waals surface area (Å²) in [6, 6.07) is 0. The van der Waals surface area contributed by atoms with Crippen molar-refractivity contribution in [2.24, 2.45) is 5.73 Å². The molecular formula is C12H26N2O4S. The van der Waals surface area contributed by atoms with E-state index in [2.05, 4.69) is 5.32 Å². The molecule has 0 radical (unpaired) electrons. The molecule has 19 heavy (non-hydrogen) atoms. The lowest BCUT2D eigenvalue weighted by Gasteiger charge is -2.19. The Morgan fingerprint density at radius 3 is 2.32 bits per heavy atom. The first kappa shape index (κ1) is 18.2. The van der Waals surface area contributed by atoms with Gasteiger partial charge < -0.3 is 15.8 Å². The van der Waals surface area contributed by atoms with E-state index in [0.29, 0.717) is 13.0 Å². The Bertz CT molecular complexity index is 360. The molecule has 0 atom stereocenters. The van der Waals surface area contributed by atoms with Crippen molar-refractivity contribution in [3.63, 3.8) is 0 Å². The van der Waals surface area contributed by atoms with Gasteiger partial charge in [0.25, 0.3) is 0 Å². The highest BCUT2D eigenvalue weighted by atomic mass is 32.2. The molecule has 0 heterocycles. The number of ether oxygens (including phenoxy) is 1. The number of sulfone groups is 1. The molecule has 0 aliphatic heterocycles. The van der Waals surface area contributed by atoms with Gasteiger partial charge in [-0.15, -0.1) is 0 Å². The Balaban J connectivity index is 3.59. The van der Waals surface area contributed by atoms with Crippen molar-refractivity contribution in [2.45, 2.75) is 45.6 Å². The average Bonchev–Trinajstić information content (AvgIpc) is 2.20. The van der Waals surface area contributed by atoms with Crippen LogP contribution in [0.15, 0.2) is 0 Å². The lowest BCUT2D eigenvalue weighted by molar-refractivity contribution is 0.0527. The monoisotopic (exact) mass is 294 g/mol. The zero-order valence-corrected chi connectivity index (χ0v) is 12.9. The van der Waals surface area contributed by atoms with Gasteiger partial charge in [-0.3, -0.25) is 0 Å². The van der Waals surface area contributed by atoms with Crippen molar-refractivity contribution >= 4 is 15.9 Å². The van der Waals surface area contributed by atoms with E-state index in [1.807, 2.05) is 0 Å². The molecule has 0 aliphatic rings. The molecule has 0 aromatic rings. The highest BCUT2D eigenvalue weighted by Gasteiger charge is 2.15. The van der Waals surface area contributed by atoms with Crippen molar-refractivity contribution in [1.82, 2.24) is 5.32 Å². The van der Waals surface area contributed by atoms with Crippen LogP contribution in [0, 0.1) is 0 Å². The van der Waals surface area contributed by atoms with Crippen LogP contribution in [0.1, 0.15) is 40.0 Å². The number of unbranched alkanes of at least 4 members (excludes halogenated alkanes) is 2. The molecule has 3 N–H and O–H groups in total. The standard InChI is InChI=1S/C12H26N2O4S/c1-12(2,3)18-11(15)14-8-5-4-6-9-19(16,17)10-7-13/h4-10,13H2,1-3H3,(H,14,15). The molecule has 0 rings (SSSR count). The summed E-state index contributed by atoms with van der Waals surface area (Å²) in [6.45, 7) is 6.06. The third-order valence-corrected chi connectivity index (χ3v) is 4.00. The van der Waals surface area contributed by atoms with Crippen LogP contribution >= 0.6 is 0 Å². The van der Waals surface area contributed by atoms with E-state index < -0.39 is 21.5 Å². The van der Waals surface area contributed by atoms with Crippen LogP contribution in [0.25, 0.3) is 0 Å². The summed E-state index contributed by atoms with van der Waals surface area (Å²) in [5.74, 6) is 0.208. The Hall–Kier alpha value is -0.820. The first-order chi connectivity index (χ1) is 8.66. The predicted octanol–water partition coefficient (Wildman–Crippen LogP) is 1.05. The smallest absolute Gasteiger partial charge is 0.407 e. The molecule has 1 amide bonds. The Morgan fingerprint density at radius 2 is 1.79 bits per heavy atom. The minimum Gasteiger partial charge on any atom is -0.444 e. The minimum atomic E-state index is -3.00. The van der Waals surface area contributed by atoms with Crippen molar-refractivity contribution in [2.75, 3.05) is 24.6 Å². The SMILES string of the molecule is CC(C)(C)OC(=O)NCCCCCS(=O)(=O)CCN. The van der Waals surface area contributed by atoms with Gasteiger partial charge in [-0.1, -0.05) is 6.42 Å². The molecule has 6 nitrogen and oxygen atoms in total. The second-order valence-electron chi connectivity index (χ2n) is 5.43. The van der Waals surface area contributed by atoms with E-state index in [1.54, 1.807) is 20.8 Å². The number of rotatable bonds is 8. The third-order valence-electron chi connectivity index (χ3n) is 2.23. The van der Waals surface area contributed by atoms with Crippen LogP contribution in [0.5, 0.6) is 0 Å². The fourth-order valence-corrected chi connectivity index (χ4v) is 2.62. The van der Waals surface area contributed by atoms with Crippen LogP contribution in [-0.2, 0) is 14.6 Å². The molecule has 114 valence electrons. The Kier molecular flexibility index (Phi) is 8.01. The van der Waals surface area contributed by atoms with Crippen molar-refractivity contribution in [3.05, 3.63) is 0 Å². The zero-order chi connectivity index (χ0) is 14.9. The molecule has 7 heteroatoms. The van der Waals surface area contributed by atoms with E-state index >= 15 is 0 Å². The molecule has 0 spiro atoms. The van der Waals surface area contributed by atoms with Crippen molar-refractivity contribution in [3.8, 4) is 0 Å². The van der Waals surface area contributed by atoms with Crippen LogP contribution < -0.4 is 11.1 Å². The zero-order valence-electron chi connectivity index (χ0n) is 12.1. The van der Waals surface area contributed by atoms with E-state index in [4.69, 9.17) is 10.5 Å². The molecule has 0 aliphatic carbocycles. The van der Waals surface area contributed by atoms with Gasteiger partial charge in [-0.25, -0.2) is 13.2 Å². The Labute approximate surface area is 116 Å².